The molecule has 1 aromatic carbocycles. The zero-order chi connectivity index (χ0) is 24.0. The van der Waals surface area contributed by atoms with E-state index < -0.39 is 17.4 Å². The van der Waals surface area contributed by atoms with Crippen LogP contribution in [0.15, 0.2) is 57.2 Å². The number of anilines is 1. The Morgan fingerprint density at radius 1 is 1.24 bits per heavy atom. The quantitative estimate of drug-likeness (QED) is 0.464. The highest BCUT2D eigenvalue weighted by Gasteiger charge is 2.17. The van der Waals surface area contributed by atoms with Gasteiger partial charge in [-0.25, -0.2) is 14.2 Å². The molecule has 2 N–H and O–H groups in total. The van der Waals surface area contributed by atoms with Crippen LogP contribution in [0.4, 0.5) is 15.9 Å². The van der Waals surface area contributed by atoms with Gasteiger partial charge in [-0.2, -0.15) is 0 Å². The van der Waals surface area contributed by atoms with Gasteiger partial charge in [0.25, 0.3) is 5.56 Å². The molecular weight excluding hydrogens is 449 g/mol. The fourth-order valence-corrected chi connectivity index (χ4v) is 3.27. The maximum atomic E-state index is 13.4. The molecule has 0 amide bonds. The minimum Gasteiger partial charge on any atom is -0.396 e. The van der Waals surface area contributed by atoms with Crippen molar-refractivity contribution < 1.29 is 9.50 Å². The van der Waals surface area contributed by atoms with Gasteiger partial charge in [0, 0.05) is 32.6 Å². The van der Waals surface area contributed by atoms with Crippen LogP contribution in [0.25, 0.3) is 0 Å². The van der Waals surface area contributed by atoms with Crippen molar-refractivity contribution in [3.05, 3.63) is 85.3 Å². The molecule has 0 radical (unpaired) electrons. The van der Waals surface area contributed by atoms with E-state index in [1.54, 1.807) is 36.4 Å². The van der Waals surface area contributed by atoms with Crippen LogP contribution in [-0.4, -0.2) is 32.0 Å². The van der Waals surface area contributed by atoms with E-state index in [9.17, 15) is 14.0 Å². The first-order valence-corrected chi connectivity index (χ1v) is 10.8. The van der Waals surface area contributed by atoms with Crippen LogP contribution >= 0.6 is 11.6 Å². The van der Waals surface area contributed by atoms with Gasteiger partial charge in [-0.3, -0.25) is 18.9 Å². The minimum atomic E-state index is -1.08. The molecule has 0 fully saturated rings. The van der Waals surface area contributed by atoms with Crippen LogP contribution in [0.3, 0.4) is 0 Å². The van der Waals surface area contributed by atoms with Gasteiger partial charge in [0.1, 0.15) is 11.9 Å². The Kier molecular flexibility index (Phi) is 8.13. The highest BCUT2D eigenvalue weighted by molar-refractivity contribution is 6.30. The number of alkyl halides is 1. The average molecular weight is 474 g/mol. The molecule has 2 heterocycles. The number of aromatic nitrogens is 3. The molecule has 33 heavy (non-hydrogen) atoms. The molecule has 3 rings (SSSR count). The monoisotopic (exact) mass is 473 g/mol. The van der Waals surface area contributed by atoms with Crippen LogP contribution < -0.4 is 16.6 Å². The van der Waals surface area contributed by atoms with Gasteiger partial charge in [-0.05, 0) is 36.6 Å². The zero-order valence-corrected chi connectivity index (χ0v) is 19.1. The predicted molar refractivity (Wildman–Crippen MR) is 127 cm³/mol. The number of aliphatic imine (C=N–C) groups is 1. The van der Waals surface area contributed by atoms with Crippen molar-refractivity contribution >= 4 is 29.3 Å². The van der Waals surface area contributed by atoms with Gasteiger partial charge >= 0.3 is 5.69 Å². The van der Waals surface area contributed by atoms with Gasteiger partial charge in [-0.1, -0.05) is 35.9 Å². The lowest BCUT2D eigenvalue weighted by Crippen LogP contribution is -2.40. The van der Waals surface area contributed by atoms with E-state index in [0.29, 0.717) is 21.8 Å². The van der Waals surface area contributed by atoms with E-state index in [-0.39, 0.29) is 37.6 Å². The Morgan fingerprint density at radius 3 is 2.58 bits per heavy atom. The van der Waals surface area contributed by atoms with Gasteiger partial charge in [-0.15, -0.1) is 0 Å². The molecule has 1 unspecified atom stereocenters. The van der Waals surface area contributed by atoms with Crippen LogP contribution in [0.1, 0.15) is 36.3 Å². The molecule has 8 nitrogen and oxygen atoms in total. The Morgan fingerprint density at radius 2 is 1.97 bits per heavy atom. The molecule has 0 saturated heterocycles. The van der Waals surface area contributed by atoms with Crippen molar-refractivity contribution in [3.8, 4) is 0 Å². The smallest absolute Gasteiger partial charge is 0.332 e. The number of nitrogens with one attached hydrogen (secondary N) is 1. The summed E-state index contributed by atoms with van der Waals surface area (Å²) in [7, 11) is 1.52. The Labute approximate surface area is 195 Å². The van der Waals surface area contributed by atoms with Crippen LogP contribution in [-0.2, 0) is 20.1 Å². The third kappa shape index (κ3) is 5.94. The lowest BCUT2D eigenvalue weighted by Gasteiger charge is -2.15. The van der Waals surface area contributed by atoms with Crippen molar-refractivity contribution in [2.24, 2.45) is 12.0 Å². The zero-order valence-electron chi connectivity index (χ0n) is 18.3. The SMILES string of the molecule is CC(F)c1ccc(C=Nc2c(NCc3ccc(Cl)cn3)c(=O)n(CCCO)c(=O)n2C)cc1. The Hall–Kier alpha value is -3.30. The average Bonchev–Trinajstić information content (AvgIpc) is 2.81. The number of rotatable bonds is 9. The van der Waals surface area contributed by atoms with Crippen molar-refractivity contribution in [1.29, 1.82) is 0 Å². The summed E-state index contributed by atoms with van der Waals surface area (Å²) in [5.41, 5.74) is 0.898. The molecule has 2 aromatic heterocycles. The van der Waals surface area contributed by atoms with Gasteiger partial charge in [0.2, 0.25) is 0 Å². The molecule has 174 valence electrons. The molecule has 0 aliphatic heterocycles. The number of hydrogen-bond acceptors (Lipinski definition) is 6. The Bertz CT molecular complexity index is 1240. The third-order valence-electron chi connectivity index (χ3n) is 5.02. The summed E-state index contributed by atoms with van der Waals surface area (Å²) < 4.78 is 15.8. The fourth-order valence-electron chi connectivity index (χ4n) is 3.16. The lowest BCUT2D eigenvalue weighted by molar-refractivity contribution is 0.277. The molecule has 10 heteroatoms. The van der Waals surface area contributed by atoms with Crippen molar-refractivity contribution in [3.63, 3.8) is 0 Å². The highest BCUT2D eigenvalue weighted by atomic mass is 35.5. The van der Waals surface area contributed by atoms with Crippen molar-refractivity contribution in [2.75, 3.05) is 11.9 Å². The van der Waals surface area contributed by atoms with Crippen LogP contribution in [0.2, 0.25) is 5.02 Å². The summed E-state index contributed by atoms with van der Waals surface area (Å²) in [4.78, 5) is 34.5. The topological polar surface area (TPSA) is 102 Å². The second-order valence-corrected chi connectivity index (χ2v) is 7.87. The number of hydrogen-bond donors (Lipinski definition) is 2. The largest absolute Gasteiger partial charge is 0.396 e. The molecular formula is C23H25ClFN5O3. The minimum absolute atomic E-state index is 0.0722. The van der Waals surface area contributed by atoms with Crippen LogP contribution in [0, 0.1) is 0 Å². The summed E-state index contributed by atoms with van der Waals surface area (Å²) in [6.45, 7) is 1.58. The molecule has 1 atom stereocenters. The van der Waals surface area contributed by atoms with Crippen LogP contribution in [0.5, 0.6) is 0 Å². The fraction of sp³-hybridized carbons (Fsp3) is 0.304. The lowest BCUT2D eigenvalue weighted by atomic mass is 10.1. The molecule has 0 saturated carbocycles. The first-order valence-electron chi connectivity index (χ1n) is 10.4. The van der Waals surface area contributed by atoms with E-state index >= 15 is 0 Å². The first kappa shape index (κ1) is 24.3. The van der Waals surface area contributed by atoms with E-state index in [2.05, 4.69) is 15.3 Å². The highest BCUT2D eigenvalue weighted by Crippen LogP contribution is 2.21. The molecule has 0 aliphatic carbocycles. The summed E-state index contributed by atoms with van der Waals surface area (Å²) in [5, 5.41) is 12.7. The van der Waals surface area contributed by atoms with E-state index in [1.165, 1.54) is 30.9 Å². The van der Waals surface area contributed by atoms with E-state index in [0.717, 1.165) is 4.57 Å². The van der Waals surface area contributed by atoms with Gasteiger partial charge in [0.05, 0.1) is 17.3 Å². The summed E-state index contributed by atoms with van der Waals surface area (Å²) >= 11 is 5.88. The summed E-state index contributed by atoms with van der Waals surface area (Å²) in [5.74, 6) is 0.141. The maximum Gasteiger partial charge on any atom is 0.332 e. The van der Waals surface area contributed by atoms with E-state index in [1.807, 2.05) is 0 Å². The van der Waals surface area contributed by atoms with Gasteiger partial charge < -0.3 is 10.4 Å². The second kappa shape index (κ2) is 11.0. The van der Waals surface area contributed by atoms with Crippen molar-refractivity contribution in [2.45, 2.75) is 32.6 Å². The summed E-state index contributed by atoms with van der Waals surface area (Å²) in [6.07, 6.45) is 2.18. The standard InChI is InChI=1S/C23H25ClFN5O3/c1-15(25)17-6-4-16(5-7-17)12-28-21-20(27-14-19-9-8-18(24)13-26-19)22(32)30(10-3-11-31)23(33)29(21)2/h4-9,12-13,15,27,31H,3,10-11,14H2,1-2H3. The predicted octanol–water partition coefficient (Wildman–Crippen LogP) is 3.37. The number of benzene rings is 1. The molecule has 3 aromatic rings. The van der Waals surface area contributed by atoms with Gasteiger partial charge in [0.15, 0.2) is 5.82 Å². The third-order valence-corrected chi connectivity index (χ3v) is 5.25. The number of halogens is 2. The van der Waals surface area contributed by atoms with Crippen molar-refractivity contribution in [1.82, 2.24) is 14.1 Å². The number of nitrogens with zero attached hydrogens (tertiary/aromatic N) is 4. The Balaban J connectivity index is 2.01. The molecule has 0 bridgehead atoms. The number of pyridine rings is 1. The van der Waals surface area contributed by atoms with E-state index in [4.69, 9.17) is 16.7 Å². The first-order chi connectivity index (χ1) is 15.8. The normalized spacial score (nSPS) is 12.3. The number of aliphatic hydroxyl groups is 1. The molecule has 0 aliphatic rings. The molecule has 0 spiro atoms. The second-order valence-electron chi connectivity index (χ2n) is 7.44. The number of aliphatic hydroxyl groups excluding tert-OH is 1. The summed E-state index contributed by atoms with van der Waals surface area (Å²) in [6, 6.07) is 10.1. The maximum absolute atomic E-state index is 13.4.